The lowest BCUT2D eigenvalue weighted by atomic mass is 9.34. The number of carbonyl (C=O) groups is 4. The highest BCUT2D eigenvalue weighted by Gasteiger charge is 2.69. The van der Waals surface area contributed by atoms with E-state index in [0.717, 1.165) is 44.1 Å². The highest BCUT2D eigenvalue weighted by molar-refractivity contribution is 6.03. The van der Waals surface area contributed by atoms with Crippen molar-refractivity contribution in [1.29, 1.82) is 0 Å². The number of amides is 2. The van der Waals surface area contributed by atoms with Crippen LogP contribution in [0.3, 0.4) is 0 Å². The zero-order valence-electron chi connectivity index (χ0n) is 24.5. The van der Waals surface area contributed by atoms with Gasteiger partial charge in [0.15, 0.2) is 11.6 Å². The van der Waals surface area contributed by atoms with Crippen LogP contribution in [0.2, 0.25) is 0 Å². The number of nitrogens with zero attached hydrogens (tertiary/aromatic N) is 1. The standard InChI is InChI=1S/C32H43N3O4/c1-27(2)22-9-10-31(6)23(30(22,5)17-20(33-8)25(27)38)15-21(37)24-19-16-29(4,26(39)35-34-18-36)12-11-28(19,3)13-14-32(24,31)7/h15,17-19,22,24H,9-14,16H2,1-7H3,(H,34,36)(H,35,39)/t19-,22-,24-,28+,29-,30-,31+,32+/m0/s1. The highest BCUT2D eigenvalue weighted by Crippen LogP contribution is 2.74. The minimum atomic E-state index is -0.675. The molecule has 3 fully saturated rings. The van der Waals surface area contributed by atoms with E-state index in [4.69, 9.17) is 6.57 Å². The molecule has 210 valence electrons. The molecule has 8 atom stereocenters. The van der Waals surface area contributed by atoms with Gasteiger partial charge in [-0.05, 0) is 79.1 Å². The first-order valence-electron chi connectivity index (χ1n) is 14.5. The monoisotopic (exact) mass is 533 g/mol. The number of carbonyl (C=O) groups excluding carboxylic acids is 4. The van der Waals surface area contributed by atoms with Gasteiger partial charge in [0.1, 0.15) is 0 Å². The smallest absolute Gasteiger partial charge is 0.244 e. The van der Waals surface area contributed by atoms with Crippen LogP contribution >= 0.6 is 0 Å². The summed E-state index contributed by atoms with van der Waals surface area (Å²) in [5.41, 5.74) is 3.63. The maximum Gasteiger partial charge on any atom is 0.244 e. The molecule has 0 spiro atoms. The molecular formula is C32H43N3O4. The van der Waals surface area contributed by atoms with E-state index in [1.807, 2.05) is 32.9 Å². The van der Waals surface area contributed by atoms with Crippen LogP contribution in [0.4, 0.5) is 0 Å². The number of ketones is 2. The summed E-state index contributed by atoms with van der Waals surface area (Å²) in [5.74, 6) is -0.300. The largest absolute Gasteiger partial charge is 0.307 e. The zero-order chi connectivity index (χ0) is 28.8. The quantitative estimate of drug-likeness (QED) is 0.291. The molecule has 0 aromatic carbocycles. The molecule has 0 aromatic rings. The van der Waals surface area contributed by atoms with E-state index in [0.29, 0.717) is 12.8 Å². The summed E-state index contributed by atoms with van der Waals surface area (Å²) in [5, 5.41) is 0. The Balaban J connectivity index is 1.62. The topological polar surface area (TPSA) is 96.7 Å². The van der Waals surface area contributed by atoms with E-state index < -0.39 is 16.2 Å². The number of Topliss-reactive ketones (excluding diaryl/α,β-unsaturated/α-hetero) is 1. The van der Waals surface area contributed by atoms with Crippen LogP contribution in [0, 0.1) is 56.8 Å². The molecule has 5 aliphatic carbocycles. The van der Waals surface area contributed by atoms with Crippen molar-refractivity contribution in [2.45, 2.75) is 93.4 Å². The third-order valence-electron chi connectivity index (χ3n) is 12.8. The van der Waals surface area contributed by atoms with Crippen molar-refractivity contribution in [1.82, 2.24) is 10.9 Å². The summed E-state index contributed by atoms with van der Waals surface area (Å²) in [6, 6.07) is 0. The van der Waals surface area contributed by atoms with Crippen molar-refractivity contribution in [3.05, 3.63) is 34.8 Å². The van der Waals surface area contributed by atoms with E-state index in [1.54, 1.807) is 0 Å². The van der Waals surface area contributed by atoms with E-state index in [-0.39, 0.29) is 57.2 Å². The fourth-order valence-electron chi connectivity index (χ4n) is 10.1. The highest BCUT2D eigenvalue weighted by atomic mass is 16.2. The molecule has 0 unspecified atom stereocenters. The first kappa shape index (κ1) is 27.8. The average molecular weight is 534 g/mol. The van der Waals surface area contributed by atoms with Gasteiger partial charge < -0.3 is 4.79 Å². The molecule has 0 heterocycles. The van der Waals surface area contributed by atoms with Crippen LogP contribution in [0.15, 0.2) is 23.4 Å². The molecule has 3 saturated carbocycles. The van der Waals surface area contributed by atoms with Crippen LogP contribution < -0.4 is 10.9 Å². The number of nitrogens with one attached hydrogen (secondary N) is 2. The Labute approximate surface area is 232 Å². The third-order valence-corrected chi connectivity index (χ3v) is 12.8. The molecule has 0 aliphatic heterocycles. The Bertz CT molecular complexity index is 1270. The van der Waals surface area contributed by atoms with E-state index >= 15 is 0 Å². The molecule has 0 aromatic heterocycles. The Morgan fingerprint density at radius 3 is 2.33 bits per heavy atom. The third kappa shape index (κ3) is 3.45. The molecule has 5 rings (SSSR count). The maximum absolute atomic E-state index is 14.4. The zero-order valence-corrected chi connectivity index (χ0v) is 24.5. The van der Waals surface area contributed by atoms with Crippen molar-refractivity contribution in [3.63, 3.8) is 0 Å². The van der Waals surface area contributed by atoms with Gasteiger partial charge in [-0.1, -0.05) is 60.1 Å². The predicted molar refractivity (Wildman–Crippen MR) is 147 cm³/mol. The van der Waals surface area contributed by atoms with Gasteiger partial charge in [-0.2, -0.15) is 0 Å². The minimum absolute atomic E-state index is 0.0242. The summed E-state index contributed by atoms with van der Waals surface area (Å²) in [6.07, 6.45) is 10.1. The molecule has 0 radical (unpaired) electrons. The Morgan fingerprint density at radius 1 is 1.03 bits per heavy atom. The van der Waals surface area contributed by atoms with Crippen molar-refractivity contribution in [2.75, 3.05) is 0 Å². The lowest BCUT2D eigenvalue weighted by Crippen LogP contribution is -2.65. The lowest BCUT2D eigenvalue weighted by Gasteiger charge is -2.69. The fraction of sp³-hybridized carbons (Fsp3) is 0.719. The molecule has 2 amide bonds. The van der Waals surface area contributed by atoms with Crippen LogP contribution in [0.5, 0.6) is 0 Å². The van der Waals surface area contributed by atoms with Crippen molar-refractivity contribution < 1.29 is 19.2 Å². The van der Waals surface area contributed by atoms with Gasteiger partial charge in [-0.3, -0.25) is 25.2 Å². The average Bonchev–Trinajstić information content (AvgIpc) is 2.87. The maximum atomic E-state index is 14.4. The number of allylic oxidation sites excluding steroid dienone is 4. The summed E-state index contributed by atoms with van der Waals surface area (Å²) in [7, 11) is 0. The fourth-order valence-corrected chi connectivity index (χ4v) is 10.1. The van der Waals surface area contributed by atoms with Gasteiger partial charge >= 0.3 is 0 Å². The second-order valence-electron chi connectivity index (χ2n) is 15.0. The SMILES string of the molecule is [C-]#[N+]C1=C[C@]2(C)C3=CC(=O)[C@@H]4[C@@H]5C[C@@](C)(C(=O)NNC=O)CC[C@]5(C)CC[C@@]4(C)[C@]3(C)CC[C@H]2C(C)(C)C1=O. The number of hydrazine groups is 1. The van der Waals surface area contributed by atoms with Crippen LogP contribution in [0.1, 0.15) is 93.4 Å². The Morgan fingerprint density at radius 2 is 1.69 bits per heavy atom. The second kappa shape index (κ2) is 8.38. The van der Waals surface area contributed by atoms with Gasteiger partial charge in [0.05, 0.1) is 6.57 Å². The molecule has 7 nitrogen and oxygen atoms in total. The normalized spacial score (nSPS) is 46.2. The Hall–Kier alpha value is -2.75. The molecule has 0 saturated heterocycles. The Kier molecular flexibility index (Phi) is 5.97. The number of hydrogen-bond acceptors (Lipinski definition) is 4. The molecule has 0 bridgehead atoms. The van der Waals surface area contributed by atoms with Gasteiger partial charge in [-0.15, -0.1) is 0 Å². The molecule has 2 N–H and O–H groups in total. The van der Waals surface area contributed by atoms with Crippen LogP contribution in [0.25, 0.3) is 4.85 Å². The summed E-state index contributed by atoms with van der Waals surface area (Å²) >= 11 is 0. The number of hydrogen-bond donors (Lipinski definition) is 2. The number of rotatable bonds is 3. The van der Waals surface area contributed by atoms with Gasteiger partial charge in [-0.25, -0.2) is 4.85 Å². The lowest BCUT2D eigenvalue weighted by molar-refractivity contribution is -0.172. The first-order valence-corrected chi connectivity index (χ1v) is 14.5. The van der Waals surface area contributed by atoms with E-state index in [9.17, 15) is 19.2 Å². The van der Waals surface area contributed by atoms with Gasteiger partial charge in [0.25, 0.3) is 0 Å². The minimum Gasteiger partial charge on any atom is -0.307 e. The molecule has 5 aliphatic rings. The summed E-state index contributed by atoms with van der Waals surface area (Å²) in [6.45, 7) is 22.7. The van der Waals surface area contributed by atoms with Gasteiger partial charge in [0.2, 0.25) is 18.0 Å². The van der Waals surface area contributed by atoms with Crippen molar-refractivity contribution in [3.8, 4) is 0 Å². The van der Waals surface area contributed by atoms with Crippen LogP contribution in [-0.4, -0.2) is 23.9 Å². The molecule has 39 heavy (non-hydrogen) atoms. The summed E-state index contributed by atoms with van der Waals surface area (Å²) in [4.78, 5) is 55.2. The first-order chi connectivity index (χ1) is 18.0. The predicted octanol–water partition coefficient (Wildman–Crippen LogP) is 5.34. The van der Waals surface area contributed by atoms with E-state index in [1.165, 1.54) is 0 Å². The van der Waals surface area contributed by atoms with E-state index in [2.05, 4.69) is 43.4 Å². The van der Waals surface area contributed by atoms with Gasteiger partial charge in [0, 0.05) is 22.2 Å². The van der Waals surface area contributed by atoms with Crippen LogP contribution in [-0.2, 0) is 19.2 Å². The second-order valence-corrected chi connectivity index (χ2v) is 15.0. The molecular weight excluding hydrogens is 490 g/mol. The summed E-state index contributed by atoms with van der Waals surface area (Å²) < 4.78 is 0. The van der Waals surface area contributed by atoms with Crippen molar-refractivity contribution >= 4 is 23.9 Å². The molecule has 7 heteroatoms. The van der Waals surface area contributed by atoms with Crippen molar-refractivity contribution in [2.24, 2.45) is 50.2 Å². The number of fused-ring (bicyclic) bond motifs is 7.